The lowest BCUT2D eigenvalue weighted by molar-refractivity contribution is 0.0842. The molecule has 12 heteroatoms. The first-order valence-corrected chi connectivity index (χ1v) is 16.5. The zero-order valence-corrected chi connectivity index (χ0v) is 26.8. The monoisotopic (exact) mass is 649 g/mol. The third-order valence-corrected chi connectivity index (χ3v) is 10.4. The van der Waals surface area contributed by atoms with Gasteiger partial charge in [0.1, 0.15) is 17.0 Å². The maximum Gasteiger partial charge on any atom is 0.268 e. The molecule has 3 heterocycles. The number of carbonyl (C=O) groups is 1. The normalized spacial score (nSPS) is 18.2. The van der Waals surface area contributed by atoms with E-state index in [2.05, 4.69) is 28.8 Å². The van der Waals surface area contributed by atoms with Crippen molar-refractivity contribution in [2.24, 2.45) is 24.3 Å². The van der Waals surface area contributed by atoms with Crippen LogP contribution in [0.15, 0.2) is 66.2 Å². The Morgan fingerprint density at radius 3 is 2.41 bits per heavy atom. The summed E-state index contributed by atoms with van der Waals surface area (Å²) in [6.07, 6.45) is 8.34. The van der Waals surface area contributed by atoms with Gasteiger partial charge >= 0.3 is 0 Å². The number of Topliss-reactive ketones (excluding diaryl/α,β-unsaturated/α-hetero) is 1. The average molecular weight is 650 g/mol. The zero-order valence-electron chi connectivity index (χ0n) is 26.0. The number of nitrogens with zero attached hydrogens (tertiary/aromatic N) is 5. The fraction of sp³-hybridized carbons (Fsp3) is 0.353. The highest BCUT2D eigenvalue weighted by Crippen LogP contribution is 2.44. The van der Waals surface area contributed by atoms with Crippen LogP contribution in [0.4, 0.5) is 13.2 Å². The number of imidazole rings is 1. The van der Waals surface area contributed by atoms with E-state index in [9.17, 15) is 17.6 Å². The maximum atomic E-state index is 15.3. The highest BCUT2D eigenvalue weighted by molar-refractivity contribution is 7.90. The van der Waals surface area contributed by atoms with Crippen LogP contribution in [0.1, 0.15) is 61.3 Å². The van der Waals surface area contributed by atoms with Crippen LogP contribution in [-0.2, 0) is 23.5 Å². The van der Waals surface area contributed by atoms with Crippen molar-refractivity contribution in [1.29, 1.82) is 0 Å². The minimum atomic E-state index is -4.30. The fourth-order valence-electron chi connectivity index (χ4n) is 6.91. The molecule has 1 aliphatic carbocycles. The van der Waals surface area contributed by atoms with Crippen LogP contribution in [0.3, 0.4) is 0 Å². The summed E-state index contributed by atoms with van der Waals surface area (Å²) >= 11 is 0. The van der Waals surface area contributed by atoms with E-state index in [4.69, 9.17) is 0 Å². The molecule has 8 nitrogen and oxygen atoms in total. The summed E-state index contributed by atoms with van der Waals surface area (Å²) < 4.78 is 74.8. The molecule has 1 saturated carbocycles. The van der Waals surface area contributed by atoms with Crippen LogP contribution < -0.4 is 0 Å². The molecule has 3 aromatic heterocycles. The predicted molar refractivity (Wildman–Crippen MR) is 167 cm³/mol. The molecule has 0 aliphatic heterocycles. The lowest BCUT2D eigenvalue weighted by Gasteiger charge is -2.40. The quantitative estimate of drug-likeness (QED) is 0.167. The van der Waals surface area contributed by atoms with Gasteiger partial charge in [0.05, 0.1) is 23.1 Å². The lowest BCUT2D eigenvalue weighted by Crippen LogP contribution is -2.31. The van der Waals surface area contributed by atoms with Crippen molar-refractivity contribution in [2.45, 2.75) is 57.8 Å². The van der Waals surface area contributed by atoms with Crippen LogP contribution in [0.5, 0.6) is 0 Å². The van der Waals surface area contributed by atoms with Crippen LogP contribution in [-0.4, -0.2) is 37.7 Å². The van der Waals surface area contributed by atoms with Crippen LogP contribution >= 0.6 is 0 Å². The largest absolute Gasteiger partial charge is 0.340 e. The number of hydrogen-bond acceptors (Lipinski definition) is 6. The molecule has 1 fully saturated rings. The van der Waals surface area contributed by atoms with Gasteiger partial charge in [-0.05, 0) is 68.1 Å². The summed E-state index contributed by atoms with van der Waals surface area (Å²) in [6.45, 7) is 6.07. The van der Waals surface area contributed by atoms with Crippen molar-refractivity contribution < 1.29 is 26.4 Å². The summed E-state index contributed by atoms with van der Waals surface area (Å²) in [6, 6.07) is 7.70. The second-order valence-electron chi connectivity index (χ2n) is 13.2. The minimum absolute atomic E-state index is 0.000629. The molecule has 2 unspecified atom stereocenters. The molecule has 2 aromatic carbocycles. The van der Waals surface area contributed by atoms with Gasteiger partial charge in [-0.2, -0.15) is 0 Å². The highest BCUT2D eigenvalue weighted by Gasteiger charge is 2.36. The number of halogens is 3. The molecule has 0 N–H and O–H groups in total. The fourth-order valence-corrected chi connectivity index (χ4v) is 8.28. The van der Waals surface area contributed by atoms with Gasteiger partial charge in [-0.3, -0.25) is 4.79 Å². The third kappa shape index (κ3) is 6.22. The Bertz CT molecular complexity index is 2070. The summed E-state index contributed by atoms with van der Waals surface area (Å²) in [5.41, 5.74) is 0.961. The van der Waals surface area contributed by atoms with Gasteiger partial charge in [0.25, 0.3) is 10.0 Å². The predicted octanol–water partition coefficient (Wildman–Crippen LogP) is 7.05. The van der Waals surface area contributed by atoms with Crippen LogP contribution in [0.25, 0.3) is 22.3 Å². The Labute approximate surface area is 265 Å². The maximum absolute atomic E-state index is 15.3. The first kappa shape index (κ1) is 31.7. The number of hydrogen-bond donors (Lipinski definition) is 0. The molecule has 240 valence electrons. The van der Waals surface area contributed by atoms with E-state index < -0.39 is 27.5 Å². The first-order valence-electron chi connectivity index (χ1n) is 15.1. The SMILES string of the molecule is Cc1ccc(S(=O)(=O)n2cc(-c3ncc(F)c(CC4CC(CC(=O)c5cn(C)cn5)CC(C)(C)C4)n3)c3cc(F)cc(F)c32)cc1. The second-order valence-corrected chi connectivity index (χ2v) is 15.0. The number of aryl methyl sites for hydroxylation is 2. The van der Waals surface area contributed by atoms with E-state index in [0.717, 1.165) is 40.8 Å². The Kier molecular flexibility index (Phi) is 8.12. The van der Waals surface area contributed by atoms with E-state index in [1.54, 1.807) is 29.2 Å². The van der Waals surface area contributed by atoms with Gasteiger partial charge in [0, 0.05) is 42.9 Å². The molecule has 5 aromatic rings. The molecule has 6 rings (SSSR count). The standard InChI is InChI=1S/C34H34F3N5O3S/c1-20-5-7-24(8-6-20)46(44,45)42-17-26(25-12-23(35)13-27(36)32(25)42)33-38-16-28(37)29(40-33)10-21-9-22(15-34(2,3)14-21)11-31(43)30-18-41(4)19-39-30/h5-8,12-13,16-19,21-22H,9-11,14-15H2,1-4H3. The van der Waals surface area contributed by atoms with Crippen molar-refractivity contribution in [1.82, 2.24) is 23.5 Å². The Balaban J connectivity index is 1.34. The van der Waals surface area contributed by atoms with Gasteiger partial charge in [0.15, 0.2) is 23.2 Å². The van der Waals surface area contributed by atoms with Gasteiger partial charge in [0.2, 0.25) is 0 Å². The smallest absolute Gasteiger partial charge is 0.268 e. The topological polar surface area (TPSA) is 99.7 Å². The summed E-state index contributed by atoms with van der Waals surface area (Å²) in [4.78, 5) is 25.6. The Morgan fingerprint density at radius 2 is 1.72 bits per heavy atom. The van der Waals surface area contributed by atoms with Gasteiger partial charge in [-0.1, -0.05) is 31.5 Å². The molecule has 0 radical (unpaired) electrons. The van der Waals surface area contributed by atoms with E-state index >= 15 is 8.78 Å². The minimum Gasteiger partial charge on any atom is -0.340 e. The van der Waals surface area contributed by atoms with E-state index in [0.29, 0.717) is 24.6 Å². The van der Waals surface area contributed by atoms with Crippen LogP contribution in [0.2, 0.25) is 0 Å². The molecule has 0 amide bonds. The Morgan fingerprint density at radius 1 is 1.00 bits per heavy atom. The summed E-state index contributed by atoms with van der Waals surface area (Å²) in [7, 11) is -2.50. The highest BCUT2D eigenvalue weighted by atomic mass is 32.2. The second kappa shape index (κ2) is 11.8. The molecule has 0 bridgehead atoms. The summed E-state index contributed by atoms with van der Waals surface area (Å²) in [5.74, 6) is -2.63. The molecule has 46 heavy (non-hydrogen) atoms. The van der Waals surface area contributed by atoms with Gasteiger partial charge in [-0.25, -0.2) is 40.5 Å². The lowest BCUT2D eigenvalue weighted by atomic mass is 9.65. The number of fused-ring (bicyclic) bond motifs is 1. The van der Waals surface area contributed by atoms with Crippen LogP contribution in [0, 0.1) is 41.6 Å². The van der Waals surface area contributed by atoms with Gasteiger partial charge in [-0.15, -0.1) is 0 Å². The number of aromatic nitrogens is 5. The molecular weight excluding hydrogens is 615 g/mol. The van der Waals surface area contributed by atoms with E-state index in [1.807, 2.05) is 14.0 Å². The van der Waals surface area contributed by atoms with Crippen molar-refractivity contribution in [3.05, 3.63) is 95.7 Å². The number of ketones is 1. The number of carbonyl (C=O) groups excluding carboxylic acids is 1. The van der Waals surface area contributed by atoms with E-state index in [-0.39, 0.29) is 62.3 Å². The number of rotatable bonds is 8. The van der Waals surface area contributed by atoms with Crippen molar-refractivity contribution >= 4 is 26.7 Å². The third-order valence-electron chi connectivity index (χ3n) is 8.72. The van der Waals surface area contributed by atoms with Crippen molar-refractivity contribution in [3.63, 3.8) is 0 Å². The van der Waals surface area contributed by atoms with E-state index in [1.165, 1.54) is 12.1 Å². The Hall–Kier alpha value is -4.32. The molecule has 2 atom stereocenters. The molecule has 0 spiro atoms. The average Bonchev–Trinajstić information content (AvgIpc) is 3.58. The molecule has 1 aliphatic rings. The first-order chi connectivity index (χ1) is 21.7. The van der Waals surface area contributed by atoms with Crippen molar-refractivity contribution in [3.8, 4) is 11.4 Å². The molecular formula is C34H34F3N5O3S. The zero-order chi connectivity index (χ0) is 33.0. The molecule has 0 saturated heterocycles. The van der Waals surface area contributed by atoms with Crippen molar-refractivity contribution in [2.75, 3.05) is 0 Å². The van der Waals surface area contributed by atoms with Gasteiger partial charge < -0.3 is 4.57 Å². The number of benzene rings is 2. The summed E-state index contributed by atoms with van der Waals surface area (Å²) in [5, 5.41) is -0.0577.